The van der Waals surface area contributed by atoms with Crippen LogP contribution in [-0.4, -0.2) is 20.4 Å². The van der Waals surface area contributed by atoms with Gasteiger partial charge in [0.1, 0.15) is 5.69 Å². The molecule has 0 aliphatic heterocycles. The molecule has 6 nitrogen and oxygen atoms in total. The van der Waals surface area contributed by atoms with Crippen molar-refractivity contribution in [1.82, 2.24) is 14.5 Å². The first-order valence-electron chi connectivity index (χ1n) is 8.74. The predicted molar refractivity (Wildman–Crippen MR) is 106 cm³/mol. The third kappa shape index (κ3) is 2.95. The number of fused-ring (bicyclic) bond motifs is 2. The van der Waals surface area contributed by atoms with E-state index in [1.54, 1.807) is 42.1 Å². The maximum atomic E-state index is 12.8. The number of carbonyl (C=O) groups is 1. The van der Waals surface area contributed by atoms with Crippen LogP contribution < -0.4 is 10.9 Å². The van der Waals surface area contributed by atoms with Crippen molar-refractivity contribution in [2.45, 2.75) is 20.4 Å². The third-order valence-corrected chi connectivity index (χ3v) is 4.62. The fraction of sp³-hybridized carbons (Fsp3) is 0.143. The summed E-state index contributed by atoms with van der Waals surface area (Å²) in [5, 5.41) is 4.84. The second kappa shape index (κ2) is 6.64. The standard InChI is InChI=1S/C21H18N4O2/c1-3-25-19-8-7-14(11-18(19)23-13(2)21(25)27)20(26)24-17-6-4-5-15-12-22-10-9-16(15)17/h4-12H,3H2,1-2H3,(H,24,26). The molecule has 2 heterocycles. The molecule has 1 N–H and O–H groups in total. The van der Waals surface area contributed by atoms with Gasteiger partial charge in [-0.25, -0.2) is 4.98 Å². The Labute approximate surface area is 155 Å². The molecule has 0 atom stereocenters. The SMILES string of the molecule is CCn1c(=O)c(C)nc2cc(C(=O)Nc3cccc4cnccc34)ccc21. The van der Waals surface area contributed by atoms with Gasteiger partial charge in [-0.3, -0.25) is 14.6 Å². The number of carbonyl (C=O) groups excluding carboxylic acids is 1. The molecule has 0 saturated heterocycles. The van der Waals surface area contributed by atoms with Crippen molar-refractivity contribution in [2.75, 3.05) is 5.32 Å². The van der Waals surface area contributed by atoms with Gasteiger partial charge in [-0.05, 0) is 44.2 Å². The normalized spacial score (nSPS) is 11.0. The summed E-state index contributed by atoms with van der Waals surface area (Å²) >= 11 is 0. The minimum Gasteiger partial charge on any atom is -0.321 e. The number of amides is 1. The number of rotatable bonds is 3. The van der Waals surface area contributed by atoms with Gasteiger partial charge in [-0.1, -0.05) is 12.1 Å². The molecule has 0 radical (unpaired) electrons. The molecule has 0 spiro atoms. The summed E-state index contributed by atoms with van der Waals surface area (Å²) in [6, 6.07) is 12.8. The van der Waals surface area contributed by atoms with Crippen LogP contribution in [0.1, 0.15) is 23.0 Å². The van der Waals surface area contributed by atoms with Crippen molar-refractivity contribution in [2.24, 2.45) is 0 Å². The van der Waals surface area contributed by atoms with Gasteiger partial charge in [0.15, 0.2) is 0 Å². The van der Waals surface area contributed by atoms with Crippen LogP contribution in [0.25, 0.3) is 21.8 Å². The summed E-state index contributed by atoms with van der Waals surface area (Å²) in [5.41, 5.74) is 2.88. The van der Waals surface area contributed by atoms with E-state index >= 15 is 0 Å². The Kier molecular flexibility index (Phi) is 4.16. The highest BCUT2D eigenvalue weighted by Crippen LogP contribution is 2.23. The monoisotopic (exact) mass is 358 g/mol. The highest BCUT2D eigenvalue weighted by molar-refractivity contribution is 6.10. The van der Waals surface area contributed by atoms with Gasteiger partial charge in [-0.15, -0.1) is 0 Å². The van der Waals surface area contributed by atoms with Crippen LogP contribution >= 0.6 is 0 Å². The lowest BCUT2D eigenvalue weighted by molar-refractivity contribution is 0.102. The molecule has 0 saturated carbocycles. The van der Waals surface area contributed by atoms with Gasteiger partial charge < -0.3 is 9.88 Å². The van der Waals surface area contributed by atoms with Gasteiger partial charge in [0.05, 0.1) is 11.0 Å². The van der Waals surface area contributed by atoms with Crippen LogP contribution in [0, 0.1) is 6.92 Å². The maximum Gasteiger partial charge on any atom is 0.272 e. The molecule has 27 heavy (non-hydrogen) atoms. The van der Waals surface area contributed by atoms with Crippen LogP contribution in [0.5, 0.6) is 0 Å². The third-order valence-electron chi connectivity index (χ3n) is 4.62. The van der Waals surface area contributed by atoms with Gasteiger partial charge in [0, 0.05) is 41.0 Å². The quantitative estimate of drug-likeness (QED) is 0.608. The Bertz CT molecular complexity index is 1240. The summed E-state index contributed by atoms with van der Waals surface area (Å²) in [5.74, 6) is -0.227. The first-order chi connectivity index (χ1) is 13.1. The van der Waals surface area contributed by atoms with Crippen molar-refractivity contribution < 1.29 is 4.79 Å². The Hall–Kier alpha value is -3.54. The lowest BCUT2D eigenvalue weighted by Crippen LogP contribution is -2.23. The zero-order valence-corrected chi connectivity index (χ0v) is 15.1. The Morgan fingerprint density at radius 1 is 1.19 bits per heavy atom. The minimum atomic E-state index is -0.227. The molecule has 0 aliphatic rings. The Balaban J connectivity index is 1.75. The number of benzene rings is 2. The fourth-order valence-corrected chi connectivity index (χ4v) is 3.26. The highest BCUT2D eigenvalue weighted by atomic mass is 16.1. The van der Waals surface area contributed by atoms with E-state index in [0.717, 1.165) is 22.0 Å². The van der Waals surface area contributed by atoms with Crippen LogP contribution in [0.2, 0.25) is 0 Å². The van der Waals surface area contributed by atoms with Crippen LogP contribution in [-0.2, 0) is 6.54 Å². The van der Waals surface area contributed by atoms with E-state index in [9.17, 15) is 9.59 Å². The molecular formula is C21H18N4O2. The smallest absolute Gasteiger partial charge is 0.272 e. The number of aromatic nitrogens is 3. The van der Waals surface area contributed by atoms with Crippen LogP contribution in [0.15, 0.2) is 59.7 Å². The number of hydrogen-bond donors (Lipinski definition) is 1. The molecule has 2 aromatic heterocycles. The summed E-state index contributed by atoms with van der Waals surface area (Å²) in [6.07, 6.45) is 3.46. The molecule has 1 amide bonds. The number of aryl methyl sites for hydroxylation is 2. The lowest BCUT2D eigenvalue weighted by Gasteiger charge is -2.11. The maximum absolute atomic E-state index is 12.8. The predicted octanol–water partition coefficient (Wildman–Crippen LogP) is 3.53. The van der Waals surface area contributed by atoms with Gasteiger partial charge >= 0.3 is 0 Å². The van der Waals surface area contributed by atoms with E-state index in [1.165, 1.54) is 0 Å². The molecule has 0 unspecified atom stereocenters. The molecule has 134 valence electrons. The average molecular weight is 358 g/mol. The second-order valence-electron chi connectivity index (χ2n) is 6.31. The van der Waals surface area contributed by atoms with E-state index < -0.39 is 0 Å². The first-order valence-corrected chi connectivity index (χ1v) is 8.74. The first kappa shape index (κ1) is 16.9. The van der Waals surface area contributed by atoms with Crippen molar-refractivity contribution in [3.63, 3.8) is 0 Å². The molecule has 0 aliphatic carbocycles. The zero-order chi connectivity index (χ0) is 19.0. The van der Waals surface area contributed by atoms with Crippen molar-refractivity contribution in [1.29, 1.82) is 0 Å². The van der Waals surface area contributed by atoms with Gasteiger partial charge in [0.25, 0.3) is 11.5 Å². The van der Waals surface area contributed by atoms with E-state index in [2.05, 4.69) is 15.3 Å². The highest BCUT2D eigenvalue weighted by Gasteiger charge is 2.12. The van der Waals surface area contributed by atoms with E-state index in [-0.39, 0.29) is 11.5 Å². The average Bonchev–Trinajstić information content (AvgIpc) is 2.69. The Morgan fingerprint density at radius 3 is 2.85 bits per heavy atom. The number of pyridine rings is 1. The molecular weight excluding hydrogens is 340 g/mol. The fourth-order valence-electron chi connectivity index (χ4n) is 3.26. The molecule has 0 fully saturated rings. The number of nitrogens with zero attached hydrogens (tertiary/aromatic N) is 3. The van der Waals surface area contributed by atoms with Crippen molar-refractivity contribution in [3.05, 3.63) is 76.5 Å². The van der Waals surface area contributed by atoms with Gasteiger partial charge in [-0.2, -0.15) is 0 Å². The van der Waals surface area contributed by atoms with Gasteiger partial charge in [0.2, 0.25) is 0 Å². The topological polar surface area (TPSA) is 76.9 Å². The second-order valence-corrected chi connectivity index (χ2v) is 6.31. The summed E-state index contributed by atoms with van der Waals surface area (Å²) in [6.45, 7) is 4.15. The number of nitrogens with one attached hydrogen (secondary N) is 1. The zero-order valence-electron chi connectivity index (χ0n) is 15.1. The lowest BCUT2D eigenvalue weighted by atomic mass is 10.1. The number of anilines is 1. The van der Waals surface area contributed by atoms with Crippen molar-refractivity contribution >= 4 is 33.4 Å². The van der Waals surface area contributed by atoms with E-state index in [1.807, 2.05) is 31.2 Å². The summed E-state index contributed by atoms with van der Waals surface area (Å²) in [7, 11) is 0. The summed E-state index contributed by atoms with van der Waals surface area (Å²) < 4.78 is 1.66. The van der Waals surface area contributed by atoms with Crippen LogP contribution in [0.3, 0.4) is 0 Å². The van der Waals surface area contributed by atoms with E-state index in [4.69, 9.17) is 0 Å². The molecule has 2 aromatic carbocycles. The van der Waals surface area contributed by atoms with Crippen LogP contribution in [0.4, 0.5) is 5.69 Å². The molecule has 4 aromatic rings. The minimum absolute atomic E-state index is 0.105. The molecule has 0 bridgehead atoms. The van der Waals surface area contributed by atoms with E-state index in [0.29, 0.717) is 23.3 Å². The number of hydrogen-bond acceptors (Lipinski definition) is 4. The summed E-state index contributed by atoms with van der Waals surface area (Å²) in [4.78, 5) is 33.5. The molecule has 4 rings (SSSR count). The largest absolute Gasteiger partial charge is 0.321 e. The van der Waals surface area contributed by atoms with Crippen molar-refractivity contribution in [3.8, 4) is 0 Å². The Morgan fingerprint density at radius 2 is 2.04 bits per heavy atom. The molecule has 6 heteroatoms.